The predicted molar refractivity (Wildman–Crippen MR) is 118 cm³/mol. The van der Waals surface area contributed by atoms with Gasteiger partial charge in [0.15, 0.2) is 5.58 Å². The summed E-state index contributed by atoms with van der Waals surface area (Å²) in [7, 11) is 0. The van der Waals surface area contributed by atoms with Gasteiger partial charge in [0.05, 0.1) is 12.1 Å². The van der Waals surface area contributed by atoms with Crippen molar-refractivity contribution in [1.29, 1.82) is 0 Å². The molecule has 0 saturated carbocycles. The van der Waals surface area contributed by atoms with E-state index in [1.807, 2.05) is 48.5 Å². The fourth-order valence-electron chi connectivity index (χ4n) is 4.37. The highest BCUT2D eigenvalue weighted by Crippen LogP contribution is 2.34. The summed E-state index contributed by atoms with van der Waals surface area (Å²) in [4.78, 5) is 13.7. The van der Waals surface area contributed by atoms with E-state index >= 15 is 0 Å². The second kappa shape index (κ2) is 7.81. The van der Waals surface area contributed by atoms with Crippen molar-refractivity contribution in [3.8, 4) is 16.9 Å². The van der Waals surface area contributed by atoms with E-state index in [2.05, 4.69) is 31.2 Å². The first-order chi connectivity index (χ1) is 14.7. The molecule has 1 aliphatic heterocycles. The molecule has 3 aromatic carbocycles. The number of hydrogen-bond donors (Lipinski definition) is 1. The van der Waals surface area contributed by atoms with Crippen molar-refractivity contribution in [2.75, 3.05) is 13.3 Å². The Morgan fingerprint density at radius 1 is 0.967 bits per heavy atom. The molecule has 5 rings (SSSR count). The van der Waals surface area contributed by atoms with Gasteiger partial charge in [0.2, 0.25) is 6.73 Å². The van der Waals surface area contributed by atoms with Crippen LogP contribution >= 0.6 is 0 Å². The molecule has 4 heteroatoms. The van der Waals surface area contributed by atoms with E-state index in [0.29, 0.717) is 18.2 Å². The lowest BCUT2D eigenvalue weighted by Crippen LogP contribution is -3.12. The number of rotatable bonds is 4. The van der Waals surface area contributed by atoms with Gasteiger partial charge in [-0.3, -0.25) is 4.90 Å². The molecule has 4 aromatic rings. The Morgan fingerprint density at radius 3 is 2.47 bits per heavy atom. The molecule has 4 nitrogen and oxygen atoms in total. The van der Waals surface area contributed by atoms with Crippen molar-refractivity contribution in [2.24, 2.45) is 0 Å². The number of fused-ring (bicyclic) bond motifs is 3. The summed E-state index contributed by atoms with van der Waals surface area (Å²) in [5, 5.41) is 0.945. The van der Waals surface area contributed by atoms with Gasteiger partial charge in [0.1, 0.15) is 12.3 Å². The predicted octanol–water partition coefficient (Wildman–Crippen LogP) is 4.00. The monoisotopic (exact) mass is 398 g/mol. The molecule has 150 valence electrons. The van der Waals surface area contributed by atoms with E-state index in [-0.39, 0.29) is 5.63 Å². The van der Waals surface area contributed by atoms with E-state index in [9.17, 15) is 4.79 Å². The van der Waals surface area contributed by atoms with E-state index < -0.39 is 0 Å². The summed E-state index contributed by atoms with van der Waals surface area (Å²) in [6, 6.07) is 26.1. The number of nitrogens with one attached hydrogen (secondary N) is 1. The van der Waals surface area contributed by atoms with Crippen LogP contribution in [0.2, 0.25) is 0 Å². The molecular formula is C26H24NO3+. The van der Waals surface area contributed by atoms with Crippen molar-refractivity contribution in [1.82, 2.24) is 0 Å². The van der Waals surface area contributed by atoms with E-state index in [4.69, 9.17) is 9.15 Å². The molecule has 1 aliphatic rings. The quantitative estimate of drug-likeness (QED) is 0.529. The maximum absolute atomic E-state index is 12.4. The van der Waals surface area contributed by atoms with Crippen LogP contribution in [-0.2, 0) is 6.54 Å². The van der Waals surface area contributed by atoms with Crippen LogP contribution in [0.1, 0.15) is 24.0 Å². The van der Waals surface area contributed by atoms with E-state index in [1.165, 1.54) is 10.5 Å². The van der Waals surface area contributed by atoms with Crippen LogP contribution in [0, 0.1) is 0 Å². The minimum atomic E-state index is -0.334. The van der Waals surface area contributed by atoms with E-state index in [0.717, 1.165) is 40.9 Å². The minimum absolute atomic E-state index is 0.334. The van der Waals surface area contributed by atoms with Crippen LogP contribution in [0.15, 0.2) is 88.1 Å². The Hall–Kier alpha value is -3.37. The van der Waals surface area contributed by atoms with Gasteiger partial charge in [0.25, 0.3) is 0 Å². The molecule has 30 heavy (non-hydrogen) atoms. The second-order valence-corrected chi connectivity index (χ2v) is 8.00. The maximum atomic E-state index is 12.4. The number of hydrogen-bond acceptors (Lipinski definition) is 3. The van der Waals surface area contributed by atoms with Crippen molar-refractivity contribution in [3.63, 3.8) is 0 Å². The SMILES string of the molecule is C[C@@H](C[NH+]1COc2ccc3c(-c4ccccc4)cc(=O)oc3c2C1)c1ccccc1. The summed E-state index contributed by atoms with van der Waals surface area (Å²) in [5.74, 6) is 1.22. The van der Waals surface area contributed by atoms with Gasteiger partial charge in [0, 0.05) is 17.4 Å². The Bertz CT molecular complexity index is 1230. The van der Waals surface area contributed by atoms with Gasteiger partial charge in [-0.25, -0.2) is 4.79 Å². The summed E-state index contributed by atoms with van der Waals surface area (Å²) in [6.07, 6.45) is 0. The van der Waals surface area contributed by atoms with Gasteiger partial charge in [-0.05, 0) is 28.8 Å². The first kappa shape index (κ1) is 18.6. The first-order valence-corrected chi connectivity index (χ1v) is 10.4. The molecule has 0 fully saturated rings. The molecule has 1 aromatic heterocycles. The molecule has 0 bridgehead atoms. The van der Waals surface area contributed by atoms with Crippen molar-refractivity contribution >= 4 is 11.0 Å². The van der Waals surface area contributed by atoms with Crippen LogP contribution in [0.4, 0.5) is 0 Å². The highest BCUT2D eigenvalue weighted by molar-refractivity contribution is 5.95. The molecule has 0 saturated heterocycles. The standard InChI is InChI=1S/C26H23NO3/c1-18(19-8-4-2-5-9-19)15-27-16-23-24(29-17-27)13-12-21-22(14-25(28)30-26(21)23)20-10-6-3-7-11-20/h2-14,18H,15-17H2,1H3/p+1/t18-/m0/s1. The van der Waals surface area contributed by atoms with Gasteiger partial charge in [-0.1, -0.05) is 67.6 Å². The molecule has 2 heterocycles. The average Bonchev–Trinajstić information content (AvgIpc) is 2.79. The molecule has 0 radical (unpaired) electrons. The Morgan fingerprint density at radius 2 is 1.70 bits per heavy atom. The summed E-state index contributed by atoms with van der Waals surface area (Å²) in [6.45, 7) is 4.57. The molecule has 1 N–H and O–H groups in total. The van der Waals surface area contributed by atoms with E-state index in [1.54, 1.807) is 6.07 Å². The Kier molecular flexibility index (Phi) is 4.85. The van der Waals surface area contributed by atoms with Gasteiger partial charge in [-0.2, -0.15) is 0 Å². The van der Waals surface area contributed by atoms with Crippen molar-refractivity contribution in [2.45, 2.75) is 19.4 Å². The van der Waals surface area contributed by atoms with Crippen LogP contribution in [0.5, 0.6) is 5.75 Å². The summed E-state index contributed by atoms with van der Waals surface area (Å²) < 4.78 is 11.8. The Labute approximate surface area is 175 Å². The molecule has 0 aliphatic carbocycles. The fourth-order valence-corrected chi connectivity index (χ4v) is 4.37. The molecular weight excluding hydrogens is 374 g/mol. The fraction of sp³-hybridized carbons (Fsp3) is 0.192. The third kappa shape index (κ3) is 3.51. The zero-order valence-electron chi connectivity index (χ0n) is 16.9. The number of benzene rings is 3. The molecule has 1 unspecified atom stereocenters. The normalized spacial score (nSPS) is 16.6. The minimum Gasteiger partial charge on any atom is -0.445 e. The lowest BCUT2D eigenvalue weighted by atomic mass is 9.98. The van der Waals surface area contributed by atoms with Crippen LogP contribution < -0.4 is 15.3 Å². The third-order valence-corrected chi connectivity index (χ3v) is 5.88. The lowest BCUT2D eigenvalue weighted by molar-refractivity contribution is -0.933. The molecule has 2 atom stereocenters. The van der Waals surface area contributed by atoms with Gasteiger partial charge >= 0.3 is 5.63 Å². The van der Waals surface area contributed by atoms with Crippen LogP contribution in [0.25, 0.3) is 22.1 Å². The molecule has 0 spiro atoms. The van der Waals surface area contributed by atoms with Gasteiger partial charge in [-0.15, -0.1) is 0 Å². The summed E-state index contributed by atoms with van der Waals surface area (Å²) in [5.41, 5.74) is 4.52. The molecule has 0 amide bonds. The highest BCUT2D eigenvalue weighted by Gasteiger charge is 2.26. The largest absolute Gasteiger partial charge is 0.445 e. The zero-order valence-corrected chi connectivity index (χ0v) is 16.9. The average molecular weight is 398 g/mol. The van der Waals surface area contributed by atoms with Crippen LogP contribution in [0.3, 0.4) is 0 Å². The van der Waals surface area contributed by atoms with Crippen LogP contribution in [-0.4, -0.2) is 13.3 Å². The highest BCUT2D eigenvalue weighted by atomic mass is 16.5. The number of quaternary nitrogens is 1. The second-order valence-electron chi connectivity index (χ2n) is 8.00. The lowest BCUT2D eigenvalue weighted by Gasteiger charge is -2.28. The smallest absolute Gasteiger partial charge is 0.336 e. The first-order valence-electron chi connectivity index (χ1n) is 10.4. The maximum Gasteiger partial charge on any atom is 0.336 e. The number of ether oxygens (including phenoxy) is 1. The van der Waals surface area contributed by atoms with Crippen molar-refractivity contribution in [3.05, 3.63) is 100 Å². The third-order valence-electron chi connectivity index (χ3n) is 5.88. The topological polar surface area (TPSA) is 43.9 Å². The van der Waals surface area contributed by atoms with Gasteiger partial charge < -0.3 is 9.15 Å². The Balaban J connectivity index is 1.52. The zero-order chi connectivity index (χ0) is 20.5. The van der Waals surface area contributed by atoms with Crippen molar-refractivity contribution < 1.29 is 14.1 Å². The summed E-state index contributed by atoms with van der Waals surface area (Å²) >= 11 is 0.